The zero-order chi connectivity index (χ0) is 12.5. The molecule has 0 radical (unpaired) electrons. The van der Waals surface area contributed by atoms with Gasteiger partial charge in [-0.2, -0.15) is 0 Å². The third-order valence-corrected chi connectivity index (χ3v) is 3.85. The number of sulfonamides is 1. The predicted octanol–water partition coefficient (Wildman–Crippen LogP) is 1.62. The second-order valence-corrected chi connectivity index (χ2v) is 5.41. The molecular formula is C8H5F2N3O2S2. The standard InChI is InChI=1S/C8H5F2N3O2S2/c9-5-1-2-6(10)7(3-5)17(14,15)13-8-12-11-4-16-8/h1-4H,(H,12,13). The number of halogens is 2. The van der Waals surface area contributed by atoms with Crippen molar-refractivity contribution in [1.82, 2.24) is 10.2 Å². The molecule has 90 valence electrons. The normalized spacial score (nSPS) is 11.4. The van der Waals surface area contributed by atoms with Crippen LogP contribution in [0.25, 0.3) is 0 Å². The first-order chi connectivity index (χ1) is 7.99. The summed E-state index contributed by atoms with van der Waals surface area (Å²) in [4.78, 5) is -0.771. The van der Waals surface area contributed by atoms with Gasteiger partial charge in [0.15, 0.2) is 0 Å². The molecule has 0 aliphatic rings. The van der Waals surface area contributed by atoms with Crippen LogP contribution >= 0.6 is 11.3 Å². The van der Waals surface area contributed by atoms with Gasteiger partial charge >= 0.3 is 0 Å². The topological polar surface area (TPSA) is 72.0 Å². The Labute approximate surface area is 99.2 Å². The fraction of sp³-hybridized carbons (Fsp3) is 0. The van der Waals surface area contributed by atoms with Crippen molar-refractivity contribution in [2.45, 2.75) is 4.90 Å². The van der Waals surface area contributed by atoms with Gasteiger partial charge in [0.2, 0.25) is 5.13 Å². The summed E-state index contributed by atoms with van der Waals surface area (Å²) in [5.74, 6) is -1.88. The van der Waals surface area contributed by atoms with E-state index in [4.69, 9.17) is 0 Å². The Kier molecular flexibility index (Phi) is 3.03. The van der Waals surface area contributed by atoms with Crippen LogP contribution in [0.3, 0.4) is 0 Å². The minimum Gasteiger partial charge on any atom is -0.253 e. The van der Waals surface area contributed by atoms with Crippen molar-refractivity contribution in [3.05, 3.63) is 35.3 Å². The molecule has 0 unspecified atom stereocenters. The molecule has 0 spiro atoms. The Hall–Kier alpha value is -1.61. The molecule has 0 aliphatic heterocycles. The molecule has 1 N–H and O–H groups in total. The minimum atomic E-state index is -4.19. The van der Waals surface area contributed by atoms with Gasteiger partial charge in [0, 0.05) is 0 Å². The van der Waals surface area contributed by atoms with Crippen molar-refractivity contribution in [2.24, 2.45) is 0 Å². The lowest BCUT2D eigenvalue weighted by Gasteiger charge is -2.05. The molecule has 2 aromatic rings. The third-order valence-electron chi connectivity index (χ3n) is 1.76. The lowest BCUT2D eigenvalue weighted by molar-refractivity contribution is 0.555. The van der Waals surface area contributed by atoms with Crippen LogP contribution in [-0.2, 0) is 10.0 Å². The number of aromatic nitrogens is 2. The Morgan fingerprint density at radius 2 is 2.06 bits per heavy atom. The van der Waals surface area contributed by atoms with Crippen LogP contribution in [0.5, 0.6) is 0 Å². The van der Waals surface area contributed by atoms with Crippen molar-refractivity contribution in [3.63, 3.8) is 0 Å². The Morgan fingerprint density at radius 3 is 2.71 bits per heavy atom. The van der Waals surface area contributed by atoms with Gasteiger partial charge in [0.1, 0.15) is 22.0 Å². The first-order valence-corrected chi connectivity index (χ1v) is 6.59. The van der Waals surface area contributed by atoms with Crippen LogP contribution in [0.2, 0.25) is 0 Å². The quantitative estimate of drug-likeness (QED) is 0.925. The Bertz CT molecular complexity index is 628. The maximum atomic E-state index is 13.3. The van der Waals surface area contributed by atoms with E-state index in [1.165, 1.54) is 5.51 Å². The molecule has 0 bridgehead atoms. The Morgan fingerprint density at radius 1 is 1.29 bits per heavy atom. The molecule has 0 saturated heterocycles. The molecule has 0 atom stereocenters. The average Bonchev–Trinajstić information content (AvgIpc) is 2.73. The summed E-state index contributed by atoms with van der Waals surface area (Å²) in [6.07, 6.45) is 0. The zero-order valence-corrected chi connectivity index (χ0v) is 9.73. The van der Waals surface area contributed by atoms with Crippen molar-refractivity contribution in [1.29, 1.82) is 0 Å². The van der Waals surface area contributed by atoms with Gasteiger partial charge in [-0.25, -0.2) is 17.2 Å². The summed E-state index contributed by atoms with van der Waals surface area (Å²) in [7, 11) is -4.19. The van der Waals surface area contributed by atoms with Gasteiger partial charge in [-0.3, -0.25) is 4.72 Å². The summed E-state index contributed by atoms with van der Waals surface area (Å²) in [5.41, 5.74) is 1.31. The molecule has 1 aromatic heterocycles. The van der Waals surface area contributed by atoms with Crippen LogP contribution in [-0.4, -0.2) is 18.6 Å². The van der Waals surface area contributed by atoms with E-state index in [2.05, 4.69) is 10.2 Å². The predicted molar refractivity (Wildman–Crippen MR) is 57.1 cm³/mol. The molecule has 2 rings (SSSR count). The minimum absolute atomic E-state index is 0.0198. The van der Waals surface area contributed by atoms with E-state index >= 15 is 0 Å². The van der Waals surface area contributed by atoms with E-state index < -0.39 is 26.6 Å². The Balaban J connectivity index is 2.41. The van der Waals surface area contributed by atoms with Gasteiger partial charge in [-0.1, -0.05) is 11.3 Å². The molecule has 1 heterocycles. The fourth-order valence-corrected chi connectivity index (χ4v) is 2.85. The summed E-state index contributed by atoms with van der Waals surface area (Å²) >= 11 is 0.926. The number of rotatable bonds is 3. The molecule has 0 saturated carbocycles. The molecule has 9 heteroatoms. The summed E-state index contributed by atoms with van der Waals surface area (Å²) in [5, 5.41) is 6.84. The molecular weight excluding hydrogens is 272 g/mol. The SMILES string of the molecule is O=S(=O)(Nc1nncs1)c1cc(F)ccc1F. The smallest absolute Gasteiger partial charge is 0.253 e. The molecule has 1 aromatic carbocycles. The van der Waals surface area contributed by atoms with E-state index in [-0.39, 0.29) is 5.13 Å². The average molecular weight is 277 g/mol. The third kappa shape index (κ3) is 2.56. The summed E-state index contributed by atoms with van der Waals surface area (Å²) in [6, 6.07) is 2.17. The maximum Gasteiger partial charge on any atom is 0.266 e. The molecule has 0 amide bonds. The van der Waals surface area contributed by atoms with Crippen LogP contribution < -0.4 is 4.72 Å². The van der Waals surface area contributed by atoms with Crippen molar-refractivity contribution in [3.8, 4) is 0 Å². The highest BCUT2D eigenvalue weighted by Crippen LogP contribution is 2.20. The van der Waals surface area contributed by atoms with Crippen molar-refractivity contribution in [2.75, 3.05) is 4.72 Å². The highest BCUT2D eigenvalue weighted by molar-refractivity contribution is 7.93. The van der Waals surface area contributed by atoms with Gasteiger partial charge in [0.25, 0.3) is 10.0 Å². The monoisotopic (exact) mass is 277 g/mol. The van der Waals surface area contributed by atoms with E-state index in [9.17, 15) is 17.2 Å². The lowest BCUT2D eigenvalue weighted by atomic mass is 10.3. The van der Waals surface area contributed by atoms with Gasteiger partial charge in [-0.15, -0.1) is 10.2 Å². The highest BCUT2D eigenvalue weighted by atomic mass is 32.2. The van der Waals surface area contributed by atoms with Crippen LogP contribution in [0.15, 0.2) is 28.6 Å². The number of hydrogen-bond donors (Lipinski definition) is 1. The molecule has 5 nitrogen and oxygen atoms in total. The van der Waals surface area contributed by atoms with Gasteiger partial charge < -0.3 is 0 Å². The summed E-state index contributed by atoms with van der Waals surface area (Å²) in [6.45, 7) is 0. The van der Waals surface area contributed by atoms with E-state index in [1.54, 1.807) is 0 Å². The number of hydrogen-bond acceptors (Lipinski definition) is 5. The van der Waals surface area contributed by atoms with E-state index in [1.807, 2.05) is 4.72 Å². The molecule has 17 heavy (non-hydrogen) atoms. The van der Waals surface area contributed by atoms with Gasteiger partial charge in [-0.05, 0) is 18.2 Å². The van der Waals surface area contributed by atoms with Crippen molar-refractivity contribution < 1.29 is 17.2 Å². The fourth-order valence-electron chi connectivity index (χ4n) is 1.07. The second-order valence-electron chi connectivity index (χ2n) is 2.92. The number of nitrogens with one attached hydrogen (secondary N) is 1. The van der Waals surface area contributed by atoms with E-state index in [0.29, 0.717) is 6.07 Å². The second kappa shape index (κ2) is 4.34. The largest absolute Gasteiger partial charge is 0.266 e. The molecule has 0 aliphatic carbocycles. The zero-order valence-electron chi connectivity index (χ0n) is 8.09. The lowest BCUT2D eigenvalue weighted by Crippen LogP contribution is -2.14. The van der Waals surface area contributed by atoms with Crippen LogP contribution in [0, 0.1) is 11.6 Å². The van der Waals surface area contributed by atoms with Crippen molar-refractivity contribution >= 4 is 26.5 Å². The highest BCUT2D eigenvalue weighted by Gasteiger charge is 2.21. The number of anilines is 1. The van der Waals surface area contributed by atoms with E-state index in [0.717, 1.165) is 23.5 Å². The van der Waals surface area contributed by atoms with Gasteiger partial charge in [0.05, 0.1) is 0 Å². The first-order valence-electron chi connectivity index (χ1n) is 4.23. The number of benzene rings is 1. The molecule has 0 fully saturated rings. The summed E-state index contributed by atoms with van der Waals surface area (Å²) < 4.78 is 51.5. The van der Waals surface area contributed by atoms with Crippen LogP contribution in [0.4, 0.5) is 13.9 Å². The van der Waals surface area contributed by atoms with Crippen LogP contribution in [0.1, 0.15) is 0 Å². The first kappa shape index (κ1) is 11.9. The maximum absolute atomic E-state index is 13.3. The number of nitrogens with zero attached hydrogens (tertiary/aromatic N) is 2.